The first-order valence-corrected chi connectivity index (χ1v) is 10.5. The van der Waals surface area contributed by atoms with Gasteiger partial charge in [0.1, 0.15) is 18.3 Å². The summed E-state index contributed by atoms with van der Waals surface area (Å²) in [5.74, 6) is 0. The van der Waals surface area contributed by atoms with E-state index in [9.17, 15) is 10.2 Å². The van der Waals surface area contributed by atoms with Crippen LogP contribution in [0.3, 0.4) is 0 Å². The van der Waals surface area contributed by atoms with Crippen molar-refractivity contribution >= 4 is 0 Å². The van der Waals surface area contributed by atoms with E-state index in [0.717, 1.165) is 16.7 Å². The average molecular weight is 423 g/mol. The summed E-state index contributed by atoms with van der Waals surface area (Å²) in [7, 11) is 0. The standard InChI is InChI=1S/C26H30O5/c27-16-24(29-18-21-10-4-1-5-11-21)26(31-20-23-14-8-3-9-15-23)25(17-28)30-19-22-12-6-2-7-13-22/h1-15,24-28H,16-20H2/t24-,25+,26?. The summed E-state index contributed by atoms with van der Waals surface area (Å²) < 4.78 is 18.1. The molecule has 3 rings (SSSR count). The molecule has 0 bridgehead atoms. The van der Waals surface area contributed by atoms with E-state index in [1.165, 1.54) is 0 Å². The molecule has 0 aliphatic heterocycles. The van der Waals surface area contributed by atoms with Crippen molar-refractivity contribution in [1.29, 1.82) is 0 Å². The van der Waals surface area contributed by atoms with Gasteiger partial charge in [-0.15, -0.1) is 0 Å². The maximum Gasteiger partial charge on any atom is 0.115 e. The highest BCUT2D eigenvalue weighted by Gasteiger charge is 2.32. The number of hydrogen-bond donors (Lipinski definition) is 2. The Morgan fingerprint density at radius 3 is 1.13 bits per heavy atom. The maximum absolute atomic E-state index is 10.1. The Labute approximate surface area is 183 Å². The molecule has 0 radical (unpaired) electrons. The van der Waals surface area contributed by atoms with E-state index in [4.69, 9.17) is 14.2 Å². The Hall–Kier alpha value is -2.54. The van der Waals surface area contributed by atoms with E-state index in [1.807, 2.05) is 91.0 Å². The van der Waals surface area contributed by atoms with Crippen LogP contribution in [-0.4, -0.2) is 41.7 Å². The number of ether oxygens (including phenoxy) is 3. The van der Waals surface area contributed by atoms with Gasteiger partial charge in [0.2, 0.25) is 0 Å². The first kappa shape index (κ1) is 23.1. The Balaban J connectivity index is 1.70. The minimum atomic E-state index is -0.656. The fourth-order valence-electron chi connectivity index (χ4n) is 3.28. The second-order valence-electron chi connectivity index (χ2n) is 7.30. The predicted octanol–water partition coefficient (Wildman–Crippen LogP) is 3.73. The van der Waals surface area contributed by atoms with Gasteiger partial charge < -0.3 is 24.4 Å². The van der Waals surface area contributed by atoms with Gasteiger partial charge in [0.15, 0.2) is 0 Å². The molecule has 31 heavy (non-hydrogen) atoms. The van der Waals surface area contributed by atoms with Crippen LogP contribution in [0.2, 0.25) is 0 Å². The highest BCUT2D eigenvalue weighted by atomic mass is 16.6. The van der Waals surface area contributed by atoms with E-state index in [1.54, 1.807) is 0 Å². The van der Waals surface area contributed by atoms with Crippen LogP contribution in [-0.2, 0) is 34.0 Å². The Kier molecular flexibility index (Phi) is 9.70. The minimum Gasteiger partial charge on any atom is -0.394 e. The maximum atomic E-state index is 10.1. The summed E-state index contributed by atoms with van der Waals surface area (Å²) in [6.45, 7) is 0.471. The average Bonchev–Trinajstić information content (AvgIpc) is 2.84. The van der Waals surface area contributed by atoms with E-state index in [0.29, 0.717) is 19.8 Å². The molecule has 0 heterocycles. The molecule has 5 heteroatoms. The lowest BCUT2D eigenvalue weighted by atomic mass is 10.1. The molecular formula is C26H30O5. The number of aliphatic hydroxyl groups excluding tert-OH is 2. The molecule has 0 amide bonds. The fraction of sp³-hybridized carbons (Fsp3) is 0.308. The number of benzene rings is 3. The summed E-state index contributed by atoms with van der Waals surface area (Å²) in [5.41, 5.74) is 2.98. The summed E-state index contributed by atoms with van der Waals surface area (Å²) in [4.78, 5) is 0. The van der Waals surface area contributed by atoms with Crippen LogP contribution in [0.4, 0.5) is 0 Å². The highest BCUT2D eigenvalue weighted by molar-refractivity contribution is 5.15. The molecule has 164 valence electrons. The van der Waals surface area contributed by atoms with E-state index < -0.39 is 18.3 Å². The number of aliphatic hydroxyl groups is 2. The van der Waals surface area contributed by atoms with E-state index in [-0.39, 0.29) is 13.2 Å². The monoisotopic (exact) mass is 422 g/mol. The van der Waals surface area contributed by atoms with Crippen LogP contribution >= 0.6 is 0 Å². The lowest BCUT2D eigenvalue weighted by molar-refractivity contribution is -0.170. The number of hydrogen-bond acceptors (Lipinski definition) is 5. The van der Waals surface area contributed by atoms with Gasteiger partial charge in [-0.2, -0.15) is 0 Å². The third-order valence-electron chi connectivity index (χ3n) is 4.99. The fourth-order valence-corrected chi connectivity index (χ4v) is 3.28. The number of rotatable bonds is 13. The molecule has 0 fully saturated rings. The van der Waals surface area contributed by atoms with Gasteiger partial charge in [-0.25, -0.2) is 0 Å². The zero-order valence-electron chi connectivity index (χ0n) is 17.5. The van der Waals surface area contributed by atoms with Gasteiger partial charge >= 0.3 is 0 Å². The van der Waals surface area contributed by atoms with Crippen molar-refractivity contribution in [3.8, 4) is 0 Å². The third-order valence-corrected chi connectivity index (χ3v) is 4.99. The molecule has 0 saturated heterocycles. The Morgan fingerprint density at radius 2 is 0.806 bits per heavy atom. The summed E-state index contributed by atoms with van der Waals surface area (Å²) in [5, 5.41) is 20.1. The van der Waals surface area contributed by atoms with Crippen molar-refractivity contribution in [3.05, 3.63) is 108 Å². The van der Waals surface area contributed by atoms with Gasteiger partial charge in [0, 0.05) is 0 Å². The third kappa shape index (κ3) is 7.58. The molecule has 3 atom stereocenters. The molecule has 3 aromatic rings. The van der Waals surface area contributed by atoms with E-state index >= 15 is 0 Å². The van der Waals surface area contributed by atoms with Gasteiger partial charge in [-0.1, -0.05) is 91.0 Å². The molecule has 0 spiro atoms. The molecule has 1 unspecified atom stereocenters. The smallest absolute Gasteiger partial charge is 0.115 e. The molecule has 5 nitrogen and oxygen atoms in total. The molecule has 2 N–H and O–H groups in total. The summed E-state index contributed by atoms with van der Waals surface area (Å²) in [6, 6.07) is 29.3. The second-order valence-corrected chi connectivity index (χ2v) is 7.30. The molecule has 0 aliphatic carbocycles. The van der Waals surface area contributed by atoms with Crippen molar-refractivity contribution in [2.24, 2.45) is 0 Å². The SMILES string of the molecule is OC[C@H](OCc1ccccc1)C(OCc1ccccc1)[C@@H](CO)OCc1ccccc1. The molecule has 3 aromatic carbocycles. The first-order valence-electron chi connectivity index (χ1n) is 10.5. The van der Waals surface area contributed by atoms with Crippen LogP contribution in [0.1, 0.15) is 16.7 Å². The van der Waals surface area contributed by atoms with Crippen molar-refractivity contribution in [2.75, 3.05) is 13.2 Å². The van der Waals surface area contributed by atoms with Crippen molar-refractivity contribution in [2.45, 2.75) is 38.1 Å². The highest BCUT2D eigenvalue weighted by Crippen LogP contribution is 2.18. The van der Waals surface area contributed by atoms with Gasteiger partial charge in [0.05, 0.1) is 33.0 Å². The zero-order chi connectivity index (χ0) is 21.7. The van der Waals surface area contributed by atoms with Gasteiger partial charge in [0.25, 0.3) is 0 Å². The molecular weight excluding hydrogens is 392 g/mol. The van der Waals surface area contributed by atoms with Crippen LogP contribution in [0.15, 0.2) is 91.0 Å². The topological polar surface area (TPSA) is 68.2 Å². The van der Waals surface area contributed by atoms with Crippen LogP contribution in [0.25, 0.3) is 0 Å². The van der Waals surface area contributed by atoms with Crippen LogP contribution in [0.5, 0.6) is 0 Å². The summed E-state index contributed by atoms with van der Waals surface area (Å²) in [6.07, 6.45) is -1.96. The van der Waals surface area contributed by atoms with Gasteiger partial charge in [-0.05, 0) is 16.7 Å². The lowest BCUT2D eigenvalue weighted by Gasteiger charge is -2.32. The zero-order valence-corrected chi connectivity index (χ0v) is 17.5. The summed E-state index contributed by atoms with van der Waals surface area (Å²) >= 11 is 0. The quantitative estimate of drug-likeness (QED) is 0.439. The van der Waals surface area contributed by atoms with Crippen LogP contribution in [0, 0.1) is 0 Å². The lowest BCUT2D eigenvalue weighted by Crippen LogP contribution is -2.46. The predicted molar refractivity (Wildman–Crippen MR) is 119 cm³/mol. The van der Waals surface area contributed by atoms with Crippen LogP contribution < -0.4 is 0 Å². The molecule has 0 aliphatic rings. The van der Waals surface area contributed by atoms with Crippen molar-refractivity contribution in [1.82, 2.24) is 0 Å². The van der Waals surface area contributed by atoms with Gasteiger partial charge in [-0.3, -0.25) is 0 Å². The van der Waals surface area contributed by atoms with Crippen molar-refractivity contribution < 1.29 is 24.4 Å². The largest absolute Gasteiger partial charge is 0.394 e. The molecule has 0 aromatic heterocycles. The molecule has 0 saturated carbocycles. The van der Waals surface area contributed by atoms with Crippen molar-refractivity contribution in [3.63, 3.8) is 0 Å². The normalized spacial score (nSPS) is 14.1. The Morgan fingerprint density at radius 1 is 0.484 bits per heavy atom. The minimum absolute atomic E-state index is 0.252. The first-order chi connectivity index (χ1) is 15.3. The second kappa shape index (κ2) is 13.0. The van der Waals surface area contributed by atoms with E-state index in [2.05, 4.69) is 0 Å². The Bertz CT molecular complexity index is 790.